The van der Waals surface area contributed by atoms with Gasteiger partial charge < -0.3 is 10.6 Å². The fourth-order valence-corrected chi connectivity index (χ4v) is 3.70. The summed E-state index contributed by atoms with van der Waals surface area (Å²) in [6.07, 6.45) is 2.79. The van der Waals surface area contributed by atoms with Gasteiger partial charge in [0.1, 0.15) is 5.69 Å². The molecule has 2 heterocycles. The highest BCUT2D eigenvalue weighted by molar-refractivity contribution is 6.33. The highest BCUT2D eigenvalue weighted by Gasteiger charge is 2.35. The molecule has 5 nitrogen and oxygen atoms in total. The molecule has 2 unspecified atom stereocenters. The Balaban J connectivity index is 2.07. The zero-order valence-corrected chi connectivity index (χ0v) is 16.6. The van der Waals surface area contributed by atoms with E-state index >= 15 is 0 Å². The summed E-state index contributed by atoms with van der Waals surface area (Å²) in [7, 11) is 0. The zero-order valence-electron chi connectivity index (χ0n) is 15.9. The Morgan fingerprint density at radius 2 is 2.04 bits per heavy atom. The maximum atomic E-state index is 13.4. The van der Waals surface area contributed by atoms with Crippen LogP contribution in [-0.4, -0.2) is 39.7 Å². The average molecular weight is 375 g/mol. The summed E-state index contributed by atoms with van der Waals surface area (Å²) in [6.45, 7) is 9.57. The van der Waals surface area contributed by atoms with Crippen molar-refractivity contribution in [2.45, 2.75) is 45.7 Å². The van der Waals surface area contributed by atoms with Crippen LogP contribution in [0.15, 0.2) is 30.5 Å². The monoisotopic (exact) mass is 374 g/mol. The van der Waals surface area contributed by atoms with Gasteiger partial charge in [-0.25, -0.2) is 0 Å². The van der Waals surface area contributed by atoms with Gasteiger partial charge in [0.15, 0.2) is 0 Å². The van der Waals surface area contributed by atoms with Crippen LogP contribution in [0.5, 0.6) is 0 Å². The summed E-state index contributed by atoms with van der Waals surface area (Å²) in [4.78, 5) is 15.3. The Morgan fingerprint density at radius 3 is 2.62 bits per heavy atom. The lowest BCUT2D eigenvalue weighted by atomic mass is 10.1. The highest BCUT2D eigenvalue weighted by atomic mass is 35.5. The van der Waals surface area contributed by atoms with E-state index in [0.29, 0.717) is 35.3 Å². The van der Waals surface area contributed by atoms with Gasteiger partial charge >= 0.3 is 0 Å². The van der Waals surface area contributed by atoms with Gasteiger partial charge in [-0.3, -0.25) is 9.48 Å². The van der Waals surface area contributed by atoms with Crippen LogP contribution >= 0.6 is 11.6 Å². The van der Waals surface area contributed by atoms with Crippen molar-refractivity contribution in [1.82, 2.24) is 14.7 Å². The number of halogens is 1. The second-order valence-electron chi connectivity index (χ2n) is 8.13. The molecule has 2 atom stereocenters. The molecule has 6 heteroatoms. The van der Waals surface area contributed by atoms with Crippen LogP contribution in [0, 0.1) is 5.92 Å². The fraction of sp³-hybridized carbons (Fsp3) is 0.500. The first kappa shape index (κ1) is 18.9. The van der Waals surface area contributed by atoms with Crippen LogP contribution < -0.4 is 5.73 Å². The molecule has 26 heavy (non-hydrogen) atoms. The Morgan fingerprint density at radius 1 is 1.35 bits per heavy atom. The minimum Gasteiger partial charge on any atom is -0.335 e. The lowest BCUT2D eigenvalue weighted by molar-refractivity contribution is 0.0744. The molecule has 1 saturated heterocycles. The van der Waals surface area contributed by atoms with Crippen LogP contribution in [0.1, 0.15) is 44.5 Å². The second-order valence-corrected chi connectivity index (χ2v) is 8.54. The van der Waals surface area contributed by atoms with Gasteiger partial charge in [0, 0.05) is 24.3 Å². The van der Waals surface area contributed by atoms with Crippen molar-refractivity contribution in [2.24, 2.45) is 11.7 Å². The van der Waals surface area contributed by atoms with E-state index in [0.717, 1.165) is 12.0 Å². The van der Waals surface area contributed by atoms with Crippen LogP contribution in [-0.2, 0) is 5.54 Å². The summed E-state index contributed by atoms with van der Waals surface area (Å²) >= 11 is 6.40. The van der Waals surface area contributed by atoms with E-state index < -0.39 is 0 Å². The quantitative estimate of drug-likeness (QED) is 0.889. The Hall–Kier alpha value is -1.85. The maximum absolute atomic E-state index is 13.4. The molecular formula is C20H27ClN4O. The molecule has 2 aromatic rings. The van der Waals surface area contributed by atoms with Gasteiger partial charge in [-0.05, 0) is 52.6 Å². The smallest absolute Gasteiger partial charge is 0.257 e. The number of nitrogens with zero attached hydrogens (tertiary/aromatic N) is 3. The second kappa shape index (κ2) is 7.05. The lowest BCUT2D eigenvalue weighted by Crippen LogP contribution is -2.34. The molecule has 1 amide bonds. The molecule has 1 aliphatic rings. The van der Waals surface area contributed by atoms with Crippen molar-refractivity contribution in [3.8, 4) is 11.3 Å². The molecule has 0 radical (unpaired) electrons. The van der Waals surface area contributed by atoms with Crippen molar-refractivity contribution in [3.05, 3.63) is 41.0 Å². The van der Waals surface area contributed by atoms with E-state index in [1.807, 2.05) is 40.0 Å². The van der Waals surface area contributed by atoms with Gasteiger partial charge in [0.05, 0.1) is 16.1 Å². The number of nitrogens with two attached hydrogens (primary N) is 1. The number of amides is 1. The number of rotatable bonds is 3. The minimum absolute atomic E-state index is 0.00105. The van der Waals surface area contributed by atoms with Crippen molar-refractivity contribution < 1.29 is 4.79 Å². The SMILES string of the molecule is CC1CC(CN)CN1C(=O)c1cn(C(C)(C)C)nc1-c1ccccc1Cl. The average Bonchev–Trinajstić information content (AvgIpc) is 3.18. The molecule has 3 rings (SSSR count). The Bertz CT molecular complexity index is 808. The molecule has 1 fully saturated rings. The van der Waals surface area contributed by atoms with Crippen molar-refractivity contribution >= 4 is 17.5 Å². The Kier molecular flexibility index (Phi) is 5.13. The van der Waals surface area contributed by atoms with Crippen LogP contribution in [0.3, 0.4) is 0 Å². The first-order valence-corrected chi connectivity index (χ1v) is 9.46. The first-order chi connectivity index (χ1) is 12.2. The van der Waals surface area contributed by atoms with E-state index in [2.05, 4.69) is 27.7 Å². The van der Waals surface area contributed by atoms with Crippen molar-refractivity contribution in [3.63, 3.8) is 0 Å². The van der Waals surface area contributed by atoms with Crippen molar-refractivity contribution in [1.29, 1.82) is 0 Å². The zero-order chi connectivity index (χ0) is 19.1. The summed E-state index contributed by atoms with van der Waals surface area (Å²) < 4.78 is 1.85. The summed E-state index contributed by atoms with van der Waals surface area (Å²) in [5.74, 6) is 0.356. The standard InChI is InChI=1S/C20H27ClN4O/c1-13-9-14(10-22)11-24(13)19(26)16-12-25(20(2,3)4)23-18(16)15-7-5-6-8-17(15)21/h5-8,12-14H,9-11,22H2,1-4H3. The molecule has 0 aliphatic carbocycles. The highest BCUT2D eigenvalue weighted by Crippen LogP contribution is 2.33. The number of likely N-dealkylation sites (tertiary alicyclic amines) is 1. The maximum Gasteiger partial charge on any atom is 0.257 e. The molecular weight excluding hydrogens is 348 g/mol. The van der Waals surface area contributed by atoms with Gasteiger partial charge in [-0.1, -0.05) is 29.8 Å². The summed E-state index contributed by atoms with van der Waals surface area (Å²) in [5, 5.41) is 5.32. The number of benzene rings is 1. The van der Waals surface area contributed by atoms with Gasteiger partial charge in [-0.15, -0.1) is 0 Å². The molecule has 2 N–H and O–H groups in total. The van der Waals surface area contributed by atoms with Gasteiger partial charge in [0.25, 0.3) is 5.91 Å². The number of aromatic nitrogens is 2. The largest absolute Gasteiger partial charge is 0.335 e. The first-order valence-electron chi connectivity index (χ1n) is 9.08. The van der Waals surface area contributed by atoms with E-state index in [9.17, 15) is 4.79 Å². The van der Waals surface area contributed by atoms with E-state index in [-0.39, 0.29) is 17.5 Å². The minimum atomic E-state index is -0.231. The molecule has 0 spiro atoms. The van der Waals surface area contributed by atoms with E-state index in [4.69, 9.17) is 22.4 Å². The van der Waals surface area contributed by atoms with Crippen LogP contribution in [0.4, 0.5) is 0 Å². The predicted molar refractivity (Wildman–Crippen MR) is 105 cm³/mol. The van der Waals surface area contributed by atoms with E-state index in [1.54, 1.807) is 0 Å². The molecule has 1 aromatic heterocycles. The number of hydrogen-bond acceptors (Lipinski definition) is 3. The third-order valence-corrected chi connectivity index (χ3v) is 5.35. The molecule has 1 aliphatic heterocycles. The Labute approximate surface area is 160 Å². The third-order valence-electron chi connectivity index (χ3n) is 5.02. The number of hydrogen-bond donors (Lipinski definition) is 1. The predicted octanol–water partition coefficient (Wildman–Crippen LogP) is 3.77. The van der Waals surface area contributed by atoms with Crippen molar-refractivity contribution in [2.75, 3.05) is 13.1 Å². The molecule has 140 valence electrons. The van der Waals surface area contributed by atoms with E-state index in [1.165, 1.54) is 0 Å². The van der Waals surface area contributed by atoms with Crippen LogP contribution in [0.25, 0.3) is 11.3 Å². The topological polar surface area (TPSA) is 64.2 Å². The third kappa shape index (κ3) is 3.51. The molecule has 0 saturated carbocycles. The molecule has 1 aromatic carbocycles. The van der Waals surface area contributed by atoms with Crippen LogP contribution in [0.2, 0.25) is 5.02 Å². The lowest BCUT2D eigenvalue weighted by Gasteiger charge is -2.21. The van der Waals surface area contributed by atoms with Gasteiger partial charge in [-0.2, -0.15) is 5.10 Å². The number of carbonyl (C=O) groups excluding carboxylic acids is 1. The fourth-order valence-electron chi connectivity index (χ4n) is 3.48. The van der Waals surface area contributed by atoms with Gasteiger partial charge in [0.2, 0.25) is 0 Å². The normalized spacial score (nSPS) is 20.6. The number of carbonyl (C=O) groups is 1. The summed E-state index contributed by atoms with van der Waals surface area (Å²) in [6, 6.07) is 7.69. The molecule has 0 bridgehead atoms. The summed E-state index contributed by atoms with van der Waals surface area (Å²) in [5.41, 5.74) is 7.61.